The Bertz CT molecular complexity index is 636. The van der Waals surface area contributed by atoms with Crippen molar-refractivity contribution in [3.05, 3.63) is 11.6 Å². The van der Waals surface area contributed by atoms with Gasteiger partial charge in [-0.05, 0) is 112 Å². The van der Waals surface area contributed by atoms with Crippen LogP contribution in [0.4, 0.5) is 0 Å². The van der Waals surface area contributed by atoms with Crippen molar-refractivity contribution in [2.45, 2.75) is 117 Å². The largest absolute Gasteiger partial charge is 0.351 e. The summed E-state index contributed by atoms with van der Waals surface area (Å²) in [7, 11) is -16.8. The van der Waals surface area contributed by atoms with Gasteiger partial charge in [-0.1, -0.05) is 11.6 Å². The van der Waals surface area contributed by atoms with Crippen molar-refractivity contribution in [3.8, 4) is 0 Å². The molecule has 0 unspecified atom stereocenters. The second kappa shape index (κ2) is 11.8. The lowest BCUT2D eigenvalue weighted by atomic mass is 10.2. The third kappa shape index (κ3) is 14.3. The molecular formula is C20H50O6P2Si4. The summed E-state index contributed by atoms with van der Waals surface area (Å²) in [6.07, 6.45) is 4.06. The Hall–Kier alpha value is 0.908. The van der Waals surface area contributed by atoms with E-state index in [2.05, 4.69) is 19.9 Å². The van der Waals surface area contributed by atoms with E-state index in [-0.39, 0.29) is 0 Å². The average molecular weight is 561 g/mol. The Morgan fingerprint density at radius 3 is 1.16 bits per heavy atom. The summed E-state index contributed by atoms with van der Waals surface area (Å²) in [5.74, 6) is 0. The molecule has 0 fully saturated rings. The van der Waals surface area contributed by atoms with Crippen molar-refractivity contribution in [2.75, 3.05) is 0 Å². The van der Waals surface area contributed by atoms with Crippen LogP contribution < -0.4 is 0 Å². The van der Waals surface area contributed by atoms with Crippen molar-refractivity contribution in [3.63, 3.8) is 0 Å². The van der Waals surface area contributed by atoms with E-state index in [1.54, 1.807) is 0 Å². The Balaban J connectivity index is 6.71. The van der Waals surface area contributed by atoms with Crippen LogP contribution in [0.15, 0.2) is 11.6 Å². The minimum atomic E-state index is -3.80. The molecule has 0 aromatic heterocycles. The lowest BCUT2D eigenvalue weighted by Gasteiger charge is -2.41. The number of hydrogen-bond acceptors (Lipinski definition) is 6. The van der Waals surface area contributed by atoms with Crippen LogP contribution in [0.25, 0.3) is 0 Å². The highest BCUT2D eigenvalue weighted by molar-refractivity contribution is 7.75. The molecule has 0 aromatic rings. The first-order chi connectivity index (χ1) is 13.9. The minimum Gasteiger partial charge on any atom is -0.351 e. The Morgan fingerprint density at radius 1 is 0.656 bits per heavy atom. The van der Waals surface area contributed by atoms with Gasteiger partial charge in [0.05, 0.1) is 0 Å². The van der Waals surface area contributed by atoms with Gasteiger partial charge < -0.3 is 16.9 Å². The fourth-order valence-corrected chi connectivity index (χ4v) is 22.2. The van der Waals surface area contributed by atoms with Crippen LogP contribution in [0.3, 0.4) is 0 Å². The molecule has 0 saturated carbocycles. The van der Waals surface area contributed by atoms with Crippen LogP contribution in [0.1, 0.15) is 33.1 Å². The minimum absolute atomic E-state index is 0.405. The normalized spacial score (nSPS) is 14.7. The fraction of sp³-hybridized carbons (Fsp3) is 0.900. The van der Waals surface area contributed by atoms with Crippen molar-refractivity contribution < 1.29 is 26.0 Å². The molecule has 0 N–H and O–H groups in total. The molecule has 0 spiro atoms. The first kappa shape index (κ1) is 32.9. The first-order valence-corrected chi connectivity index (χ1v) is 28.4. The molecule has 0 bridgehead atoms. The molecule has 0 aliphatic rings. The van der Waals surface area contributed by atoms with Gasteiger partial charge in [0, 0.05) is 0 Å². The van der Waals surface area contributed by atoms with Crippen molar-refractivity contribution in [1.82, 2.24) is 0 Å². The van der Waals surface area contributed by atoms with Gasteiger partial charge in [0.1, 0.15) is 0 Å². The highest BCUT2D eigenvalue weighted by Gasteiger charge is 2.55. The van der Waals surface area contributed by atoms with E-state index in [1.165, 1.54) is 5.57 Å². The molecule has 0 saturated heterocycles. The SMILES string of the molecule is CC(C)=CCCCC(P(=O)(O[Si](C)(C)C)O[Si](C)(C)C)P(=O)(O[Si](C)(C)C)O[Si](C)(C)C. The maximum atomic E-state index is 14.6. The van der Waals surface area contributed by atoms with Gasteiger partial charge >= 0.3 is 15.2 Å². The van der Waals surface area contributed by atoms with Crippen molar-refractivity contribution >= 4 is 48.5 Å². The monoisotopic (exact) mass is 560 g/mol. The third-order valence-corrected chi connectivity index (χ3v) is 20.1. The van der Waals surface area contributed by atoms with Crippen LogP contribution >= 0.6 is 15.2 Å². The Kier molecular flexibility index (Phi) is 12.1. The van der Waals surface area contributed by atoms with Crippen molar-refractivity contribution in [2.24, 2.45) is 0 Å². The Morgan fingerprint density at radius 2 is 0.938 bits per heavy atom. The summed E-state index contributed by atoms with van der Waals surface area (Å²) in [6, 6.07) is 0. The summed E-state index contributed by atoms with van der Waals surface area (Å²) in [4.78, 5) is 0. The van der Waals surface area contributed by atoms with Gasteiger partial charge in [-0.15, -0.1) is 0 Å². The van der Waals surface area contributed by atoms with Crippen molar-refractivity contribution in [1.29, 1.82) is 0 Å². The molecule has 0 aromatic carbocycles. The third-order valence-electron chi connectivity index (χ3n) is 3.55. The summed E-state index contributed by atoms with van der Waals surface area (Å²) in [5.41, 5.74) is 1.22. The fourth-order valence-electron chi connectivity index (χ4n) is 2.99. The molecule has 0 heterocycles. The molecule has 192 valence electrons. The molecule has 12 heteroatoms. The molecule has 0 amide bonds. The van der Waals surface area contributed by atoms with E-state index in [1.807, 2.05) is 78.6 Å². The maximum absolute atomic E-state index is 14.6. The lowest BCUT2D eigenvalue weighted by Crippen LogP contribution is -2.37. The first-order valence-electron chi connectivity index (χ1n) is 11.5. The predicted octanol–water partition coefficient (Wildman–Crippen LogP) is 9.24. The second-order valence-electron chi connectivity index (χ2n) is 12.6. The number of rotatable bonds is 14. The van der Waals surface area contributed by atoms with Crippen LogP contribution in [0.2, 0.25) is 78.6 Å². The van der Waals surface area contributed by atoms with Gasteiger partial charge in [0.2, 0.25) is 0 Å². The van der Waals surface area contributed by atoms with Crippen LogP contribution in [-0.2, 0) is 26.0 Å². The van der Waals surface area contributed by atoms with Gasteiger partial charge in [0.25, 0.3) is 0 Å². The zero-order valence-electron chi connectivity index (χ0n) is 23.1. The molecule has 0 rings (SSSR count). The van der Waals surface area contributed by atoms with E-state index < -0.39 is 53.9 Å². The summed E-state index contributed by atoms with van der Waals surface area (Å²) in [6.45, 7) is 27.9. The van der Waals surface area contributed by atoms with E-state index in [9.17, 15) is 9.13 Å². The number of allylic oxidation sites excluding steroid dienone is 2. The molecule has 0 aliphatic heterocycles. The van der Waals surface area contributed by atoms with Gasteiger partial charge in [0.15, 0.2) is 38.7 Å². The Labute approximate surface area is 202 Å². The van der Waals surface area contributed by atoms with Gasteiger partial charge in [-0.3, -0.25) is 9.13 Å². The van der Waals surface area contributed by atoms with Gasteiger partial charge in [-0.2, -0.15) is 0 Å². The highest BCUT2D eigenvalue weighted by atomic mass is 31.2. The smallest absolute Gasteiger partial charge is 0.326 e. The molecule has 0 aliphatic carbocycles. The zero-order chi connectivity index (χ0) is 25.8. The number of hydrogen-bond donors (Lipinski definition) is 0. The zero-order valence-corrected chi connectivity index (χ0v) is 28.9. The standard InChI is InChI=1S/C20H50O6P2Si4/c1-19(2)17-15-16-18-20(27(21,23-29(3,4)5)24-30(6,7)8)28(22,25-31(9,10)11)26-32(12,13)14/h17,20H,15-16,18H2,1-14H3. The summed E-state index contributed by atoms with van der Waals surface area (Å²) < 4.78 is 54.4. The second-order valence-corrected chi connectivity index (χ2v) is 36.2. The van der Waals surface area contributed by atoms with Gasteiger partial charge in [-0.25, -0.2) is 0 Å². The molecular weight excluding hydrogens is 511 g/mol. The molecule has 0 radical (unpaired) electrons. The summed E-state index contributed by atoms with van der Waals surface area (Å²) >= 11 is 0. The maximum Gasteiger partial charge on any atom is 0.326 e. The summed E-state index contributed by atoms with van der Waals surface area (Å²) in [5, 5.41) is -0.919. The van der Waals surface area contributed by atoms with E-state index in [0.717, 1.165) is 6.42 Å². The molecule has 0 atom stereocenters. The lowest BCUT2D eigenvalue weighted by molar-refractivity contribution is 0.346. The quantitative estimate of drug-likeness (QED) is 0.0912. The average Bonchev–Trinajstić information content (AvgIpc) is 2.36. The van der Waals surface area contributed by atoms with Crippen LogP contribution in [-0.4, -0.2) is 38.7 Å². The predicted molar refractivity (Wildman–Crippen MR) is 150 cm³/mol. The molecule has 6 nitrogen and oxygen atoms in total. The van der Waals surface area contributed by atoms with E-state index in [4.69, 9.17) is 16.9 Å². The van der Waals surface area contributed by atoms with Crippen LogP contribution in [0, 0.1) is 0 Å². The van der Waals surface area contributed by atoms with E-state index >= 15 is 0 Å². The highest BCUT2D eigenvalue weighted by Crippen LogP contribution is 2.74. The number of unbranched alkanes of at least 4 members (excludes halogenated alkanes) is 1. The molecule has 32 heavy (non-hydrogen) atoms. The topological polar surface area (TPSA) is 71.1 Å². The van der Waals surface area contributed by atoms with E-state index in [0.29, 0.717) is 12.8 Å². The van der Waals surface area contributed by atoms with Crippen LogP contribution in [0.5, 0.6) is 0 Å².